The molecule has 0 unspecified atom stereocenters. The van der Waals surface area contributed by atoms with E-state index in [0.29, 0.717) is 5.13 Å². The van der Waals surface area contributed by atoms with Gasteiger partial charge < -0.3 is 11.1 Å². The molecular weight excluding hydrogens is 316 g/mol. The molecule has 5 heteroatoms. The zero-order valence-electron chi connectivity index (χ0n) is 12.9. The number of rotatable bonds is 4. The minimum atomic E-state index is 0.603. The van der Waals surface area contributed by atoms with E-state index >= 15 is 0 Å². The van der Waals surface area contributed by atoms with Crippen LogP contribution in [0.5, 0.6) is 0 Å². The number of aromatic nitrogens is 2. The smallest absolute Gasteiger partial charge is 0.181 e. The minimum Gasteiger partial charge on any atom is -0.375 e. The second-order valence-electron chi connectivity index (χ2n) is 5.49. The number of anilines is 3. The van der Waals surface area contributed by atoms with Crippen LogP contribution in [-0.4, -0.2) is 9.97 Å². The summed E-state index contributed by atoms with van der Waals surface area (Å²) in [4.78, 5) is 8.98. The molecule has 2 heterocycles. The number of nitrogens with zero attached hydrogens (tertiary/aromatic N) is 2. The number of thiazole rings is 1. The lowest BCUT2D eigenvalue weighted by molar-refractivity contribution is 1.15. The lowest BCUT2D eigenvalue weighted by Gasteiger charge is -2.11. The third-order valence-corrected chi connectivity index (χ3v) is 4.68. The van der Waals surface area contributed by atoms with Crippen molar-refractivity contribution in [3.05, 3.63) is 78.0 Å². The summed E-state index contributed by atoms with van der Waals surface area (Å²) in [6.45, 7) is 0. The first-order valence-corrected chi connectivity index (χ1v) is 8.51. The zero-order chi connectivity index (χ0) is 16.4. The topological polar surface area (TPSA) is 63.8 Å². The van der Waals surface area contributed by atoms with Crippen molar-refractivity contribution in [3.8, 4) is 0 Å². The highest BCUT2D eigenvalue weighted by molar-refractivity contribution is 7.22. The van der Waals surface area contributed by atoms with Crippen molar-refractivity contribution in [2.75, 3.05) is 11.1 Å². The number of pyridine rings is 1. The molecule has 118 valence electrons. The second kappa shape index (κ2) is 6.29. The van der Waals surface area contributed by atoms with Crippen molar-refractivity contribution in [1.29, 1.82) is 0 Å². The molecule has 0 fully saturated rings. The van der Waals surface area contributed by atoms with Gasteiger partial charge in [0, 0.05) is 18.3 Å². The summed E-state index contributed by atoms with van der Waals surface area (Å²) in [5.74, 6) is 0.865. The van der Waals surface area contributed by atoms with E-state index in [0.717, 1.165) is 39.3 Å². The van der Waals surface area contributed by atoms with Crippen molar-refractivity contribution < 1.29 is 0 Å². The van der Waals surface area contributed by atoms with Crippen LogP contribution in [0, 0.1) is 0 Å². The Labute approximate surface area is 144 Å². The predicted octanol–water partition coefficient (Wildman–Crippen LogP) is 4.61. The molecule has 0 radical (unpaired) electrons. The largest absolute Gasteiger partial charge is 0.375 e. The monoisotopic (exact) mass is 332 g/mol. The Morgan fingerprint density at radius 3 is 2.62 bits per heavy atom. The lowest BCUT2D eigenvalue weighted by Crippen LogP contribution is -2.00. The van der Waals surface area contributed by atoms with Crippen LogP contribution >= 0.6 is 11.3 Å². The van der Waals surface area contributed by atoms with Gasteiger partial charge in [0.1, 0.15) is 5.82 Å². The molecule has 2 aromatic carbocycles. The number of hydrogen-bond donors (Lipinski definition) is 2. The molecule has 0 aliphatic heterocycles. The summed E-state index contributed by atoms with van der Waals surface area (Å²) < 4.78 is 1.12. The highest BCUT2D eigenvalue weighted by atomic mass is 32.1. The van der Waals surface area contributed by atoms with Gasteiger partial charge >= 0.3 is 0 Å². The summed E-state index contributed by atoms with van der Waals surface area (Å²) in [5, 5.41) is 4.00. The molecule has 2 aromatic heterocycles. The van der Waals surface area contributed by atoms with Gasteiger partial charge in [0.15, 0.2) is 5.13 Å². The average Bonchev–Trinajstić information content (AvgIpc) is 2.99. The Kier molecular flexibility index (Phi) is 3.84. The van der Waals surface area contributed by atoms with Crippen LogP contribution < -0.4 is 11.1 Å². The van der Waals surface area contributed by atoms with Crippen LogP contribution in [0.15, 0.2) is 66.9 Å². The second-order valence-corrected chi connectivity index (χ2v) is 6.56. The number of para-hydroxylation sites is 2. The van der Waals surface area contributed by atoms with E-state index < -0.39 is 0 Å². The summed E-state index contributed by atoms with van der Waals surface area (Å²) in [7, 11) is 0. The molecule has 0 aliphatic carbocycles. The number of fused-ring (bicyclic) bond motifs is 1. The third-order valence-electron chi connectivity index (χ3n) is 3.83. The maximum absolute atomic E-state index is 5.87. The molecule has 0 bridgehead atoms. The van der Waals surface area contributed by atoms with Crippen molar-refractivity contribution in [2.45, 2.75) is 6.42 Å². The van der Waals surface area contributed by atoms with E-state index in [1.54, 1.807) is 6.20 Å². The Balaban J connectivity index is 1.69. The number of benzene rings is 2. The van der Waals surface area contributed by atoms with E-state index in [1.165, 1.54) is 11.3 Å². The van der Waals surface area contributed by atoms with E-state index in [4.69, 9.17) is 5.73 Å². The molecule has 4 aromatic rings. The van der Waals surface area contributed by atoms with E-state index in [-0.39, 0.29) is 0 Å². The van der Waals surface area contributed by atoms with Gasteiger partial charge in [0.25, 0.3) is 0 Å². The fraction of sp³-hybridized carbons (Fsp3) is 0.0526. The van der Waals surface area contributed by atoms with Crippen LogP contribution in [0.2, 0.25) is 0 Å². The summed E-state index contributed by atoms with van der Waals surface area (Å²) in [6.07, 6.45) is 2.56. The quantitative estimate of drug-likeness (QED) is 0.573. The van der Waals surface area contributed by atoms with Gasteiger partial charge in [-0.25, -0.2) is 9.97 Å². The Hall–Kier alpha value is -2.92. The molecule has 24 heavy (non-hydrogen) atoms. The fourth-order valence-electron chi connectivity index (χ4n) is 2.72. The van der Waals surface area contributed by atoms with E-state index in [9.17, 15) is 0 Å². The molecule has 0 spiro atoms. The third kappa shape index (κ3) is 2.94. The zero-order valence-corrected chi connectivity index (χ0v) is 13.8. The van der Waals surface area contributed by atoms with E-state index in [1.807, 2.05) is 36.4 Å². The number of nitrogens with two attached hydrogens (primary N) is 1. The standard InChI is InChI=1S/C19H16N4S/c20-19-23-17-13(6-4-10-16(17)24-19)12-14-7-5-11-21-18(14)22-15-8-2-1-3-9-15/h1-11H,12H2,(H2,20,23)(H,21,22). The van der Waals surface area contributed by atoms with Gasteiger partial charge in [-0.3, -0.25) is 0 Å². The Morgan fingerprint density at radius 1 is 0.917 bits per heavy atom. The first kappa shape index (κ1) is 14.7. The molecule has 4 nitrogen and oxygen atoms in total. The van der Waals surface area contributed by atoms with E-state index in [2.05, 4.69) is 39.6 Å². The molecule has 0 saturated heterocycles. The maximum atomic E-state index is 5.87. The van der Waals surface area contributed by atoms with Crippen LogP contribution in [0.4, 0.5) is 16.6 Å². The predicted molar refractivity (Wildman–Crippen MR) is 101 cm³/mol. The summed E-state index contributed by atoms with van der Waals surface area (Å²) in [5.41, 5.74) is 10.2. The van der Waals surface area contributed by atoms with Crippen LogP contribution in [0.25, 0.3) is 10.2 Å². The molecule has 0 atom stereocenters. The minimum absolute atomic E-state index is 0.603. The van der Waals surface area contributed by atoms with Crippen molar-refractivity contribution in [2.24, 2.45) is 0 Å². The van der Waals surface area contributed by atoms with Gasteiger partial charge in [0.05, 0.1) is 10.2 Å². The number of hydrogen-bond acceptors (Lipinski definition) is 5. The first-order chi connectivity index (χ1) is 11.8. The highest BCUT2D eigenvalue weighted by Crippen LogP contribution is 2.29. The number of nitrogen functional groups attached to an aromatic ring is 1. The van der Waals surface area contributed by atoms with Crippen molar-refractivity contribution in [1.82, 2.24) is 9.97 Å². The van der Waals surface area contributed by atoms with Gasteiger partial charge in [0.2, 0.25) is 0 Å². The summed E-state index contributed by atoms with van der Waals surface area (Å²) in [6, 6.07) is 20.3. The summed E-state index contributed by atoms with van der Waals surface area (Å²) >= 11 is 1.52. The van der Waals surface area contributed by atoms with Gasteiger partial charge in [-0.05, 0) is 35.4 Å². The maximum Gasteiger partial charge on any atom is 0.181 e. The number of nitrogens with one attached hydrogen (secondary N) is 1. The fourth-order valence-corrected chi connectivity index (χ4v) is 3.50. The van der Waals surface area contributed by atoms with Gasteiger partial charge in [-0.15, -0.1) is 0 Å². The Morgan fingerprint density at radius 2 is 1.75 bits per heavy atom. The normalized spacial score (nSPS) is 10.8. The molecule has 4 rings (SSSR count). The van der Waals surface area contributed by atoms with Crippen LogP contribution in [0.1, 0.15) is 11.1 Å². The van der Waals surface area contributed by atoms with Crippen molar-refractivity contribution >= 4 is 38.2 Å². The average molecular weight is 332 g/mol. The molecular formula is C19H16N4S. The molecule has 3 N–H and O–H groups in total. The highest BCUT2D eigenvalue weighted by Gasteiger charge is 2.10. The lowest BCUT2D eigenvalue weighted by atomic mass is 10.0. The Bertz CT molecular complexity index is 979. The van der Waals surface area contributed by atoms with Gasteiger partial charge in [-0.1, -0.05) is 47.7 Å². The SMILES string of the molecule is Nc1nc2c(Cc3cccnc3Nc3ccccc3)cccc2s1. The van der Waals surface area contributed by atoms with Crippen molar-refractivity contribution in [3.63, 3.8) is 0 Å². The molecule has 0 aliphatic rings. The van der Waals surface area contributed by atoms with Gasteiger partial charge in [-0.2, -0.15) is 0 Å². The van der Waals surface area contributed by atoms with Crippen LogP contribution in [0.3, 0.4) is 0 Å². The van der Waals surface area contributed by atoms with Crippen LogP contribution in [-0.2, 0) is 6.42 Å². The molecule has 0 saturated carbocycles. The molecule has 0 amide bonds. The first-order valence-electron chi connectivity index (χ1n) is 7.69.